The number of amides is 1. The number of morpholine rings is 1. The number of benzene rings is 1. The Labute approximate surface area is 131 Å². The van der Waals surface area contributed by atoms with Gasteiger partial charge in [0.05, 0.1) is 13.2 Å². The zero-order chi connectivity index (χ0) is 15.1. The number of aryl methyl sites for hydroxylation is 1. The third-order valence-electron chi connectivity index (χ3n) is 3.73. The largest absolute Gasteiger partial charge is 0.379 e. The maximum absolute atomic E-state index is 12.2. The molecule has 0 radical (unpaired) electrons. The van der Waals surface area contributed by atoms with Gasteiger partial charge in [0.1, 0.15) is 0 Å². The van der Waals surface area contributed by atoms with E-state index < -0.39 is 0 Å². The first-order valence-electron chi connectivity index (χ1n) is 7.43. The monoisotopic (exact) mass is 308 g/mol. The Morgan fingerprint density at radius 1 is 1.38 bits per heavy atom. The summed E-state index contributed by atoms with van der Waals surface area (Å²) in [4.78, 5) is 15.7. The van der Waals surface area contributed by atoms with Crippen LogP contribution in [0.1, 0.15) is 22.3 Å². The molecule has 1 aliphatic rings. The van der Waals surface area contributed by atoms with Crippen LogP contribution in [0.2, 0.25) is 0 Å². The van der Waals surface area contributed by atoms with Crippen molar-refractivity contribution in [2.45, 2.75) is 18.2 Å². The number of thioether (sulfide) groups is 1. The van der Waals surface area contributed by atoms with Gasteiger partial charge in [0.25, 0.3) is 5.91 Å². The molecule has 1 aromatic carbocycles. The Hall–Kier alpha value is -1.04. The average molecular weight is 308 g/mol. The second-order valence-electron chi connectivity index (χ2n) is 5.24. The van der Waals surface area contributed by atoms with Gasteiger partial charge in [-0.3, -0.25) is 9.69 Å². The Bertz CT molecular complexity index is 473. The molecule has 0 unspecified atom stereocenters. The van der Waals surface area contributed by atoms with Crippen LogP contribution in [0.5, 0.6) is 0 Å². The minimum absolute atomic E-state index is 0.0328. The number of ether oxygens (including phenoxy) is 1. The highest BCUT2D eigenvalue weighted by atomic mass is 32.2. The quantitative estimate of drug-likeness (QED) is 0.646. The molecular formula is C16H24N2O2S. The fraction of sp³-hybridized carbons (Fsp3) is 0.562. The van der Waals surface area contributed by atoms with Gasteiger partial charge in [-0.05, 0) is 43.8 Å². The lowest BCUT2D eigenvalue weighted by atomic mass is 10.1. The molecule has 0 aromatic heterocycles. The molecule has 4 nitrogen and oxygen atoms in total. The summed E-state index contributed by atoms with van der Waals surface area (Å²) in [6, 6.07) is 6.03. The molecule has 21 heavy (non-hydrogen) atoms. The highest BCUT2D eigenvalue weighted by molar-refractivity contribution is 7.98. The molecule has 1 aromatic rings. The Kier molecular flexibility index (Phi) is 6.54. The van der Waals surface area contributed by atoms with E-state index in [9.17, 15) is 4.79 Å². The second-order valence-corrected chi connectivity index (χ2v) is 6.12. The molecule has 116 valence electrons. The van der Waals surface area contributed by atoms with Crippen LogP contribution in [0.25, 0.3) is 0 Å². The summed E-state index contributed by atoms with van der Waals surface area (Å²) >= 11 is 1.66. The maximum Gasteiger partial charge on any atom is 0.251 e. The number of hydrogen-bond donors (Lipinski definition) is 1. The molecule has 1 heterocycles. The lowest BCUT2D eigenvalue weighted by Gasteiger charge is -2.26. The van der Waals surface area contributed by atoms with E-state index >= 15 is 0 Å². The molecule has 0 spiro atoms. The number of rotatable bonds is 6. The van der Waals surface area contributed by atoms with Crippen LogP contribution in [0.4, 0.5) is 0 Å². The van der Waals surface area contributed by atoms with E-state index in [0.717, 1.165) is 61.8 Å². The van der Waals surface area contributed by atoms with Crippen LogP contribution in [-0.2, 0) is 4.74 Å². The van der Waals surface area contributed by atoms with E-state index in [2.05, 4.69) is 16.3 Å². The summed E-state index contributed by atoms with van der Waals surface area (Å²) in [7, 11) is 0. The molecule has 1 N–H and O–H groups in total. The fourth-order valence-corrected chi connectivity index (χ4v) is 2.84. The molecule has 0 bridgehead atoms. The predicted octanol–water partition coefficient (Wildman–Crippen LogP) is 2.17. The minimum Gasteiger partial charge on any atom is -0.379 e. The molecule has 0 atom stereocenters. The van der Waals surface area contributed by atoms with Crippen molar-refractivity contribution in [2.24, 2.45) is 0 Å². The van der Waals surface area contributed by atoms with Gasteiger partial charge in [0.2, 0.25) is 0 Å². The predicted molar refractivity (Wildman–Crippen MR) is 87.2 cm³/mol. The van der Waals surface area contributed by atoms with Crippen molar-refractivity contribution in [3.05, 3.63) is 29.3 Å². The number of nitrogens with zero attached hydrogens (tertiary/aromatic N) is 1. The van der Waals surface area contributed by atoms with Gasteiger partial charge in [-0.15, -0.1) is 11.8 Å². The molecule has 1 amide bonds. The van der Waals surface area contributed by atoms with Crippen LogP contribution in [0, 0.1) is 6.92 Å². The van der Waals surface area contributed by atoms with Gasteiger partial charge in [0.15, 0.2) is 0 Å². The van der Waals surface area contributed by atoms with Crippen molar-refractivity contribution in [1.82, 2.24) is 10.2 Å². The van der Waals surface area contributed by atoms with E-state index in [1.54, 1.807) is 11.8 Å². The molecular weight excluding hydrogens is 284 g/mol. The number of nitrogens with one attached hydrogen (secondary N) is 1. The summed E-state index contributed by atoms with van der Waals surface area (Å²) in [5.41, 5.74) is 1.81. The van der Waals surface area contributed by atoms with E-state index in [-0.39, 0.29) is 5.91 Å². The number of hydrogen-bond acceptors (Lipinski definition) is 4. The lowest BCUT2D eigenvalue weighted by Crippen LogP contribution is -2.38. The Balaban J connectivity index is 1.76. The summed E-state index contributed by atoms with van der Waals surface area (Å²) in [6.07, 6.45) is 3.00. The smallest absolute Gasteiger partial charge is 0.251 e. The third-order valence-corrected chi connectivity index (χ3v) is 4.46. The molecule has 5 heteroatoms. The zero-order valence-corrected chi connectivity index (χ0v) is 13.7. The van der Waals surface area contributed by atoms with Gasteiger partial charge in [-0.2, -0.15) is 0 Å². The minimum atomic E-state index is 0.0328. The maximum atomic E-state index is 12.2. The Morgan fingerprint density at radius 2 is 2.14 bits per heavy atom. The third kappa shape index (κ3) is 5.02. The van der Waals surface area contributed by atoms with Crippen LogP contribution in [-0.4, -0.2) is 56.5 Å². The van der Waals surface area contributed by atoms with Gasteiger partial charge in [-0.1, -0.05) is 6.07 Å². The molecule has 1 fully saturated rings. The first kappa shape index (κ1) is 16.3. The van der Waals surface area contributed by atoms with Crippen molar-refractivity contribution < 1.29 is 9.53 Å². The lowest BCUT2D eigenvalue weighted by molar-refractivity contribution is 0.0374. The topological polar surface area (TPSA) is 41.6 Å². The summed E-state index contributed by atoms with van der Waals surface area (Å²) < 4.78 is 5.32. The van der Waals surface area contributed by atoms with Crippen LogP contribution < -0.4 is 5.32 Å². The van der Waals surface area contributed by atoms with E-state index in [4.69, 9.17) is 4.74 Å². The van der Waals surface area contributed by atoms with E-state index in [1.807, 2.05) is 25.3 Å². The molecule has 0 saturated carbocycles. The van der Waals surface area contributed by atoms with Crippen molar-refractivity contribution in [3.63, 3.8) is 0 Å². The first-order chi connectivity index (χ1) is 10.2. The summed E-state index contributed by atoms with van der Waals surface area (Å²) in [6.45, 7) is 7.38. The average Bonchev–Trinajstić information content (AvgIpc) is 2.53. The van der Waals surface area contributed by atoms with Crippen LogP contribution >= 0.6 is 11.8 Å². The molecule has 2 rings (SSSR count). The molecule has 1 aliphatic heterocycles. The van der Waals surface area contributed by atoms with Crippen molar-refractivity contribution in [1.29, 1.82) is 0 Å². The SMILES string of the molecule is CSc1ccc(C)c(C(=O)NCCCN2CCOCC2)c1. The second kappa shape index (κ2) is 8.41. The fourth-order valence-electron chi connectivity index (χ4n) is 2.40. The normalized spacial score (nSPS) is 15.9. The van der Waals surface area contributed by atoms with Gasteiger partial charge >= 0.3 is 0 Å². The summed E-state index contributed by atoms with van der Waals surface area (Å²) in [5, 5.41) is 3.02. The number of carbonyl (C=O) groups excluding carboxylic acids is 1. The van der Waals surface area contributed by atoms with Crippen LogP contribution in [0.3, 0.4) is 0 Å². The first-order valence-corrected chi connectivity index (χ1v) is 8.66. The van der Waals surface area contributed by atoms with Crippen LogP contribution in [0.15, 0.2) is 23.1 Å². The highest BCUT2D eigenvalue weighted by Crippen LogP contribution is 2.18. The van der Waals surface area contributed by atoms with Gasteiger partial charge in [0, 0.05) is 30.1 Å². The number of carbonyl (C=O) groups is 1. The van der Waals surface area contributed by atoms with E-state index in [0.29, 0.717) is 0 Å². The standard InChI is InChI=1S/C16H24N2O2S/c1-13-4-5-14(21-2)12-15(13)16(19)17-6-3-7-18-8-10-20-11-9-18/h4-5,12H,3,6-11H2,1-2H3,(H,17,19). The van der Waals surface area contributed by atoms with E-state index in [1.165, 1.54) is 0 Å². The van der Waals surface area contributed by atoms with Gasteiger partial charge in [-0.25, -0.2) is 0 Å². The zero-order valence-electron chi connectivity index (χ0n) is 12.9. The summed E-state index contributed by atoms with van der Waals surface area (Å²) in [5.74, 6) is 0.0328. The van der Waals surface area contributed by atoms with Gasteiger partial charge < -0.3 is 10.1 Å². The van der Waals surface area contributed by atoms with Crippen molar-refractivity contribution in [3.8, 4) is 0 Å². The Morgan fingerprint density at radius 3 is 2.86 bits per heavy atom. The molecule has 1 saturated heterocycles. The highest BCUT2D eigenvalue weighted by Gasteiger charge is 2.11. The molecule has 0 aliphatic carbocycles. The van der Waals surface area contributed by atoms with Crippen molar-refractivity contribution >= 4 is 17.7 Å². The van der Waals surface area contributed by atoms with Crippen molar-refractivity contribution in [2.75, 3.05) is 45.6 Å².